The molecule has 0 bridgehead atoms. The van der Waals surface area contributed by atoms with Gasteiger partial charge in [0.2, 0.25) is 0 Å². The Morgan fingerprint density at radius 3 is 2.86 bits per heavy atom. The summed E-state index contributed by atoms with van der Waals surface area (Å²) in [5.74, 6) is -3.12. The Kier molecular flexibility index (Phi) is 5.86. The number of nitrogens with zero attached hydrogens (tertiary/aromatic N) is 2. The SMILES string of the molecule is C=C(C=Nc1c(N)cc(C)cc1-c1nc2cc(F)c3c(c2s1)O[C@@H]1CCC(F)(F)C[C@@H]1O3)OCC. The van der Waals surface area contributed by atoms with E-state index in [1.165, 1.54) is 23.6 Å². The lowest BCUT2D eigenvalue weighted by atomic mass is 9.90. The van der Waals surface area contributed by atoms with Gasteiger partial charge in [0.15, 0.2) is 17.3 Å². The Morgan fingerprint density at radius 1 is 1.31 bits per heavy atom. The number of aliphatic imine (C=N–C) groups is 1. The van der Waals surface area contributed by atoms with Gasteiger partial charge in [-0.25, -0.2) is 18.2 Å². The highest BCUT2D eigenvalue weighted by molar-refractivity contribution is 7.22. The smallest absolute Gasteiger partial charge is 0.252 e. The zero-order chi connectivity index (χ0) is 24.9. The molecule has 5 rings (SSSR count). The van der Waals surface area contributed by atoms with Gasteiger partial charge in [-0.15, -0.1) is 11.3 Å². The summed E-state index contributed by atoms with van der Waals surface area (Å²) in [5.41, 5.74) is 9.13. The number of halogens is 3. The van der Waals surface area contributed by atoms with Crippen molar-refractivity contribution in [3.63, 3.8) is 0 Å². The van der Waals surface area contributed by atoms with Gasteiger partial charge in [0.1, 0.15) is 27.7 Å². The number of allylic oxidation sites excluding steroid dienone is 1. The van der Waals surface area contributed by atoms with Crippen molar-refractivity contribution in [1.29, 1.82) is 0 Å². The number of hydrogen-bond acceptors (Lipinski definition) is 7. The average Bonchev–Trinajstić information content (AvgIpc) is 3.21. The second-order valence-corrected chi connectivity index (χ2v) is 9.70. The van der Waals surface area contributed by atoms with Crippen molar-refractivity contribution in [1.82, 2.24) is 4.98 Å². The predicted octanol–water partition coefficient (Wildman–Crippen LogP) is 6.57. The van der Waals surface area contributed by atoms with Crippen LogP contribution < -0.4 is 15.2 Å². The van der Waals surface area contributed by atoms with Crippen LogP contribution in [0.1, 0.15) is 31.7 Å². The Hall–Kier alpha value is -3.27. The molecule has 0 amide bonds. The molecule has 2 N–H and O–H groups in total. The lowest BCUT2D eigenvalue weighted by Gasteiger charge is -2.39. The van der Waals surface area contributed by atoms with E-state index in [2.05, 4.69) is 16.6 Å². The molecule has 3 aromatic rings. The summed E-state index contributed by atoms with van der Waals surface area (Å²) in [6.45, 7) is 8.00. The van der Waals surface area contributed by atoms with Crippen molar-refractivity contribution in [2.45, 2.75) is 51.2 Å². The third kappa shape index (κ3) is 4.42. The van der Waals surface area contributed by atoms with Crippen LogP contribution in [0.25, 0.3) is 20.8 Å². The van der Waals surface area contributed by atoms with Crippen molar-refractivity contribution in [2.75, 3.05) is 12.3 Å². The number of hydrogen-bond donors (Lipinski definition) is 1. The molecule has 1 saturated carbocycles. The maximum absolute atomic E-state index is 15.0. The maximum atomic E-state index is 15.0. The molecular weight excluding hydrogens is 479 g/mol. The fraction of sp³-hybridized carbons (Fsp3) is 0.360. The molecule has 0 saturated heterocycles. The highest BCUT2D eigenvalue weighted by Crippen LogP contribution is 2.50. The summed E-state index contributed by atoms with van der Waals surface area (Å²) in [6.07, 6.45) is -0.662. The van der Waals surface area contributed by atoms with Crippen molar-refractivity contribution < 1.29 is 27.4 Å². The van der Waals surface area contributed by atoms with E-state index in [4.69, 9.17) is 19.9 Å². The summed E-state index contributed by atoms with van der Waals surface area (Å²) in [4.78, 5) is 9.10. The number of anilines is 1. The van der Waals surface area contributed by atoms with Gasteiger partial charge in [0.05, 0.1) is 36.1 Å². The number of rotatable bonds is 5. The van der Waals surface area contributed by atoms with Gasteiger partial charge in [-0.2, -0.15) is 0 Å². The van der Waals surface area contributed by atoms with Crippen LogP contribution in [0.3, 0.4) is 0 Å². The number of alkyl halides is 2. The van der Waals surface area contributed by atoms with E-state index in [-0.39, 0.29) is 24.3 Å². The summed E-state index contributed by atoms with van der Waals surface area (Å²) in [6, 6.07) is 4.92. The number of aryl methyl sites for hydroxylation is 1. The molecule has 35 heavy (non-hydrogen) atoms. The van der Waals surface area contributed by atoms with Gasteiger partial charge in [-0.3, -0.25) is 4.99 Å². The van der Waals surface area contributed by atoms with Gasteiger partial charge >= 0.3 is 0 Å². The lowest BCUT2D eigenvalue weighted by Crippen LogP contribution is -2.48. The molecule has 1 aliphatic carbocycles. The molecule has 10 heteroatoms. The van der Waals surface area contributed by atoms with Crippen molar-refractivity contribution in [2.24, 2.45) is 4.99 Å². The first kappa shape index (κ1) is 23.5. The fourth-order valence-electron chi connectivity index (χ4n) is 4.42. The zero-order valence-electron chi connectivity index (χ0n) is 19.2. The minimum absolute atomic E-state index is 0.123. The largest absolute Gasteiger partial charge is 0.493 e. The number of nitrogen functional groups attached to an aromatic ring is 1. The lowest BCUT2D eigenvalue weighted by molar-refractivity contribution is -0.117. The highest BCUT2D eigenvalue weighted by Gasteiger charge is 2.47. The first-order chi connectivity index (χ1) is 16.6. The van der Waals surface area contributed by atoms with Gasteiger partial charge in [0, 0.05) is 18.1 Å². The van der Waals surface area contributed by atoms with E-state index in [0.29, 0.717) is 44.5 Å². The Bertz CT molecular complexity index is 1350. The number of aromatic nitrogens is 1. The van der Waals surface area contributed by atoms with E-state index >= 15 is 0 Å². The summed E-state index contributed by atoms with van der Waals surface area (Å²) in [7, 11) is 0. The molecule has 1 aliphatic heterocycles. The number of thiazole rings is 1. The Morgan fingerprint density at radius 2 is 2.09 bits per heavy atom. The minimum atomic E-state index is -2.85. The Balaban J connectivity index is 1.59. The minimum Gasteiger partial charge on any atom is -0.493 e. The molecule has 0 spiro atoms. The Labute approximate surface area is 204 Å². The molecule has 6 nitrogen and oxygen atoms in total. The van der Waals surface area contributed by atoms with E-state index in [1.54, 1.807) is 6.07 Å². The molecule has 0 unspecified atom stereocenters. The quantitative estimate of drug-likeness (QED) is 0.242. The third-order valence-electron chi connectivity index (χ3n) is 5.98. The highest BCUT2D eigenvalue weighted by atomic mass is 32.1. The van der Waals surface area contributed by atoms with Crippen LogP contribution >= 0.6 is 11.3 Å². The monoisotopic (exact) mass is 503 g/mol. The molecule has 0 radical (unpaired) electrons. The number of benzene rings is 2. The van der Waals surface area contributed by atoms with E-state index in [9.17, 15) is 13.2 Å². The topological polar surface area (TPSA) is 79.0 Å². The first-order valence-electron chi connectivity index (χ1n) is 11.3. The predicted molar refractivity (Wildman–Crippen MR) is 131 cm³/mol. The molecule has 1 aromatic heterocycles. The van der Waals surface area contributed by atoms with Crippen LogP contribution in [0.15, 0.2) is 35.5 Å². The van der Waals surface area contributed by atoms with Crippen LogP contribution in [0, 0.1) is 12.7 Å². The summed E-state index contributed by atoms with van der Waals surface area (Å²) >= 11 is 1.27. The van der Waals surface area contributed by atoms with Gasteiger partial charge in [-0.1, -0.05) is 6.58 Å². The number of nitrogens with two attached hydrogens (primary N) is 1. The molecule has 2 atom stereocenters. The molecule has 1 fully saturated rings. The van der Waals surface area contributed by atoms with Gasteiger partial charge < -0.3 is 19.9 Å². The summed E-state index contributed by atoms with van der Waals surface area (Å²) in [5, 5.41) is 0.554. The molecular formula is C25H24F3N3O3S. The van der Waals surface area contributed by atoms with Crippen LogP contribution in [0.4, 0.5) is 24.5 Å². The van der Waals surface area contributed by atoms with Gasteiger partial charge in [0.25, 0.3) is 5.92 Å². The van der Waals surface area contributed by atoms with Gasteiger partial charge in [-0.05, 0) is 38.0 Å². The number of ether oxygens (including phenoxy) is 3. The van der Waals surface area contributed by atoms with Crippen LogP contribution in [0.5, 0.6) is 11.5 Å². The first-order valence-corrected chi connectivity index (χ1v) is 12.1. The second-order valence-electron chi connectivity index (χ2n) is 8.70. The van der Waals surface area contributed by atoms with Crippen molar-refractivity contribution in [3.8, 4) is 22.1 Å². The normalized spacial score (nSPS) is 20.7. The summed E-state index contributed by atoms with van der Waals surface area (Å²) < 4.78 is 60.4. The standard InChI is InChI=1S/C25H24F3N3O3S/c1-4-32-13(3)11-30-20-14(7-12(2)8-16(20)29)24-31-17-9-15(26)21-22(23(17)35-24)33-18-5-6-25(27,28)10-19(18)34-21/h7-9,11,18-19H,3-6,10,29H2,1-2H3/t18-,19+/m1/s1. The second kappa shape index (κ2) is 8.75. The average molecular weight is 504 g/mol. The molecule has 2 aliphatic rings. The van der Waals surface area contributed by atoms with Crippen molar-refractivity contribution >= 4 is 39.1 Å². The van der Waals surface area contributed by atoms with E-state index < -0.39 is 30.4 Å². The van der Waals surface area contributed by atoms with E-state index in [1.807, 2.05) is 19.9 Å². The van der Waals surface area contributed by atoms with E-state index in [0.717, 1.165) is 5.56 Å². The number of fused-ring (bicyclic) bond motifs is 4. The van der Waals surface area contributed by atoms with Crippen LogP contribution in [0.2, 0.25) is 0 Å². The maximum Gasteiger partial charge on any atom is 0.252 e. The molecule has 2 heterocycles. The third-order valence-corrected chi connectivity index (χ3v) is 7.08. The van der Waals surface area contributed by atoms with Crippen LogP contribution in [-0.2, 0) is 4.74 Å². The zero-order valence-corrected chi connectivity index (χ0v) is 20.1. The fourth-order valence-corrected chi connectivity index (χ4v) is 5.46. The molecule has 184 valence electrons. The van der Waals surface area contributed by atoms with Crippen LogP contribution in [-0.4, -0.2) is 35.9 Å². The van der Waals surface area contributed by atoms with Crippen molar-refractivity contribution in [3.05, 3.63) is 41.9 Å². The molecule has 2 aromatic carbocycles.